The summed E-state index contributed by atoms with van der Waals surface area (Å²) in [5, 5.41) is 14.9. The minimum atomic E-state index is 0.339. The number of hydrogen-bond acceptors (Lipinski definition) is 5. The summed E-state index contributed by atoms with van der Waals surface area (Å²) in [6, 6.07) is 2.21. The topological polar surface area (TPSA) is 74.9 Å². The van der Waals surface area contributed by atoms with Crippen LogP contribution in [0.2, 0.25) is 0 Å². The van der Waals surface area contributed by atoms with Gasteiger partial charge in [0.1, 0.15) is 11.1 Å². The fourth-order valence-corrected chi connectivity index (χ4v) is 2.32. The van der Waals surface area contributed by atoms with Crippen LogP contribution in [0, 0.1) is 0 Å². The number of rotatable bonds is 8. The molecular weight excluding hydrogens is 254 g/mol. The standard InChI is InChI=1S/C14H23N5O/c1-4-6-10(9-15-3)17-14-12-11(20-5-2)7-8-16-13(12)18-19-14/h7-8,10,15H,4-6,9H2,1-3H3,(H2,16,17,18,19). The van der Waals surface area contributed by atoms with E-state index in [1.54, 1.807) is 6.20 Å². The number of likely N-dealkylation sites (N-methyl/N-ethyl adjacent to an activating group) is 1. The van der Waals surface area contributed by atoms with Gasteiger partial charge in [-0.2, -0.15) is 5.10 Å². The van der Waals surface area contributed by atoms with E-state index in [0.29, 0.717) is 12.6 Å². The van der Waals surface area contributed by atoms with Crippen LogP contribution >= 0.6 is 0 Å². The molecule has 2 aromatic heterocycles. The number of hydrogen-bond donors (Lipinski definition) is 3. The van der Waals surface area contributed by atoms with Crippen LogP contribution in [0.15, 0.2) is 12.3 Å². The van der Waals surface area contributed by atoms with Crippen molar-refractivity contribution in [3.63, 3.8) is 0 Å². The van der Waals surface area contributed by atoms with Gasteiger partial charge in [0.15, 0.2) is 11.5 Å². The second kappa shape index (κ2) is 7.09. The molecule has 0 aromatic carbocycles. The Morgan fingerprint density at radius 1 is 1.40 bits per heavy atom. The van der Waals surface area contributed by atoms with Crippen LogP contribution in [0.1, 0.15) is 26.7 Å². The van der Waals surface area contributed by atoms with Crippen molar-refractivity contribution < 1.29 is 4.74 Å². The van der Waals surface area contributed by atoms with E-state index in [1.807, 2.05) is 20.0 Å². The Balaban J connectivity index is 2.28. The molecule has 3 N–H and O–H groups in total. The molecule has 0 spiro atoms. The summed E-state index contributed by atoms with van der Waals surface area (Å²) < 4.78 is 5.66. The molecule has 0 amide bonds. The Kier molecular flexibility index (Phi) is 5.17. The number of aromatic nitrogens is 3. The normalized spacial score (nSPS) is 12.6. The average molecular weight is 277 g/mol. The summed E-state index contributed by atoms with van der Waals surface area (Å²) in [5.41, 5.74) is 0.748. The van der Waals surface area contributed by atoms with Crippen molar-refractivity contribution >= 4 is 16.9 Å². The van der Waals surface area contributed by atoms with Gasteiger partial charge in [0, 0.05) is 18.8 Å². The predicted molar refractivity (Wildman–Crippen MR) is 81.3 cm³/mol. The highest BCUT2D eigenvalue weighted by Gasteiger charge is 2.15. The second-order valence-electron chi connectivity index (χ2n) is 4.73. The number of H-pyrrole nitrogens is 1. The zero-order valence-corrected chi connectivity index (χ0v) is 12.4. The molecule has 0 radical (unpaired) electrons. The molecule has 0 aliphatic carbocycles. The molecule has 1 unspecified atom stereocenters. The van der Waals surface area contributed by atoms with E-state index < -0.39 is 0 Å². The molecule has 6 heteroatoms. The Morgan fingerprint density at radius 3 is 2.95 bits per heavy atom. The maximum absolute atomic E-state index is 5.66. The highest BCUT2D eigenvalue weighted by molar-refractivity contribution is 5.92. The Morgan fingerprint density at radius 2 is 2.25 bits per heavy atom. The van der Waals surface area contributed by atoms with Crippen LogP contribution < -0.4 is 15.4 Å². The SMILES string of the molecule is CCCC(CNC)Nc1n[nH]c2nccc(OCC)c12. The van der Waals surface area contributed by atoms with Gasteiger partial charge in [0.2, 0.25) is 0 Å². The largest absolute Gasteiger partial charge is 0.493 e. The van der Waals surface area contributed by atoms with Gasteiger partial charge in [-0.1, -0.05) is 13.3 Å². The minimum Gasteiger partial charge on any atom is -0.493 e. The van der Waals surface area contributed by atoms with Crippen LogP contribution in [-0.4, -0.2) is 41.4 Å². The lowest BCUT2D eigenvalue weighted by Gasteiger charge is -2.17. The van der Waals surface area contributed by atoms with Gasteiger partial charge in [-0.3, -0.25) is 5.10 Å². The molecule has 1 atom stereocenters. The molecular formula is C14H23N5O. The van der Waals surface area contributed by atoms with Crippen molar-refractivity contribution in [1.29, 1.82) is 0 Å². The quantitative estimate of drug-likeness (QED) is 0.689. The van der Waals surface area contributed by atoms with E-state index in [4.69, 9.17) is 4.74 Å². The fraction of sp³-hybridized carbons (Fsp3) is 0.571. The molecule has 0 aliphatic rings. The van der Waals surface area contributed by atoms with Gasteiger partial charge >= 0.3 is 0 Å². The van der Waals surface area contributed by atoms with Crippen LogP contribution in [0.25, 0.3) is 11.0 Å². The van der Waals surface area contributed by atoms with Gasteiger partial charge < -0.3 is 15.4 Å². The minimum absolute atomic E-state index is 0.339. The fourth-order valence-electron chi connectivity index (χ4n) is 2.32. The maximum atomic E-state index is 5.66. The van der Waals surface area contributed by atoms with E-state index >= 15 is 0 Å². The van der Waals surface area contributed by atoms with Gasteiger partial charge in [0.25, 0.3) is 0 Å². The van der Waals surface area contributed by atoms with Crippen LogP contribution in [0.3, 0.4) is 0 Å². The van der Waals surface area contributed by atoms with Crippen molar-refractivity contribution in [2.75, 3.05) is 25.5 Å². The zero-order valence-electron chi connectivity index (χ0n) is 12.4. The zero-order chi connectivity index (χ0) is 14.4. The average Bonchev–Trinajstić information content (AvgIpc) is 2.84. The molecule has 2 heterocycles. The predicted octanol–water partition coefficient (Wildman–Crippen LogP) is 2.16. The van der Waals surface area contributed by atoms with Crippen LogP contribution in [0.4, 0.5) is 5.82 Å². The van der Waals surface area contributed by atoms with E-state index in [9.17, 15) is 0 Å². The first-order chi connectivity index (χ1) is 9.80. The molecule has 0 aliphatic heterocycles. The van der Waals surface area contributed by atoms with Crippen LogP contribution in [-0.2, 0) is 0 Å². The molecule has 2 aromatic rings. The summed E-state index contributed by atoms with van der Waals surface area (Å²) in [7, 11) is 1.96. The number of nitrogens with one attached hydrogen (secondary N) is 3. The van der Waals surface area contributed by atoms with Crippen molar-refractivity contribution in [2.45, 2.75) is 32.7 Å². The number of fused-ring (bicyclic) bond motifs is 1. The molecule has 0 saturated heterocycles. The Labute approximate surface area is 119 Å². The highest BCUT2D eigenvalue weighted by atomic mass is 16.5. The lowest BCUT2D eigenvalue weighted by molar-refractivity contribution is 0.344. The molecule has 2 rings (SSSR count). The second-order valence-corrected chi connectivity index (χ2v) is 4.73. The van der Waals surface area contributed by atoms with Crippen molar-refractivity contribution in [2.24, 2.45) is 0 Å². The third-order valence-corrected chi connectivity index (χ3v) is 3.15. The van der Waals surface area contributed by atoms with Crippen LogP contribution in [0.5, 0.6) is 5.75 Å². The summed E-state index contributed by atoms with van der Waals surface area (Å²) in [6.07, 6.45) is 3.93. The van der Waals surface area contributed by atoms with Gasteiger partial charge in [-0.05, 0) is 26.5 Å². The van der Waals surface area contributed by atoms with Crippen molar-refractivity contribution in [3.8, 4) is 5.75 Å². The number of pyridine rings is 1. The number of anilines is 1. The number of aromatic amines is 1. The Bertz CT molecular complexity index is 533. The van der Waals surface area contributed by atoms with Gasteiger partial charge in [-0.25, -0.2) is 4.98 Å². The first-order valence-electron chi connectivity index (χ1n) is 7.17. The third-order valence-electron chi connectivity index (χ3n) is 3.15. The molecule has 0 fully saturated rings. The smallest absolute Gasteiger partial charge is 0.161 e. The molecule has 0 saturated carbocycles. The lowest BCUT2D eigenvalue weighted by Crippen LogP contribution is -2.31. The van der Waals surface area contributed by atoms with Gasteiger partial charge in [0.05, 0.1) is 6.61 Å². The van der Waals surface area contributed by atoms with E-state index in [2.05, 4.69) is 32.7 Å². The lowest BCUT2D eigenvalue weighted by atomic mass is 10.1. The van der Waals surface area contributed by atoms with Crippen molar-refractivity contribution in [3.05, 3.63) is 12.3 Å². The monoisotopic (exact) mass is 277 g/mol. The number of nitrogens with zero attached hydrogens (tertiary/aromatic N) is 2. The van der Waals surface area contributed by atoms with E-state index in [1.165, 1.54) is 0 Å². The summed E-state index contributed by atoms with van der Waals surface area (Å²) in [6.45, 7) is 5.67. The number of ether oxygens (including phenoxy) is 1. The first kappa shape index (κ1) is 14.6. The molecule has 0 bridgehead atoms. The first-order valence-corrected chi connectivity index (χ1v) is 7.17. The van der Waals surface area contributed by atoms with E-state index in [0.717, 1.165) is 42.0 Å². The summed E-state index contributed by atoms with van der Waals surface area (Å²) in [5.74, 6) is 1.62. The van der Waals surface area contributed by atoms with Gasteiger partial charge in [-0.15, -0.1) is 0 Å². The highest BCUT2D eigenvalue weighted by Crippen LogP contribution is 2.29. The molecule has 6 nitrogen and oxygen atoms in total. The Hall–Kier alpha value is -1.82. The summed E-state index contributed by atoms with van der Waals surface area (Å²) in [4.78, 5) is 4.29. The molecule has 110 valence electrons. The van der Waals surface area contributed by atoms with E-state index in [-0.39, 0.29) is 0 Å². The summed E-state index contributed by atoms with van der Waals surface area (Å²) >= 11 is 0. The maximum Gasteiger partial charge on any atom is 0.161 e. The third kappa shape index (κ3) is 3.19. The molecule has 20 heavy (non-hydrogen) atoms. The van der Waals surface area contributed by atoms with Crippen molar-refractivity contribution in [1.82, 2.24) is 20.5 Å².